The largest absolute Gasteiger partial charge is 0.394 e. The molecule has 1 aromatic carbocycles. The molecule has 1 aromatic rings. The Kier molecular flexibility index (Phi) is 4.47. The van der Waals surface area contributed by atoms with E-state index in [-0.39, 0.29) is 6.61 Å². The second-order valence-electron chi connectivity index (χ2n) is 2.73. The first-order chi connectivity index (χ1) is 6.22. The SMILES string of the molecule is OCC(O)CNc1cccc(I)c1. The van der Waals surface area contributed by atoms with Gasteiger partial charge in [-0.3, -0.25) is 0 Å². The van der Waals surface area contributed by atoms with Gasteiger partial charge in [0.15, 0.2) is 0 Å². The summed E-state index contributed by atoms with van der Waals surface area (Å²) in [5, 5.41) is 20.7. The summed E-state index contributed by atoms with van der Waals surface area (Å²) in [4.78, 5) is 0. The van der Waals surface area contributed by atoms with Crippen molar-refractivity contribution in [2.45, 2.75) is 6.10 Å². The van der Waals surface area contributed by atoms with E-state index in [1.54, 1.807) is 0 Å². The first kappa shape index (κ1) is 10.7. The van der Waals surface area contributed by atoms with E-state index in [0.717, 1.165) is 9.26 Å². The van der Waals surface area contributed by atoms with Gasteiger partial charge in [-0.25, -0.2) is 0 Å². The van der Waals surface area contributed by atoms with Gasteiger partial charge in [-0.1, -0.05) is 6.07 Å². The highest BCUT2D eigenvalue weighted by Crippen LogP contribution is 2.11. The van der Waals surface area contributed by atoms with Crippen molar-refractivity contribution in [2.24, 2.45) is 0 Å². The molecule has 0 aromatic heterocycles. The number of anilines is 1. The average Bonchev–Trinajstić information content (AvgIpc) is 2.14. The number of hydrogen-bond donors (Lipinski definition) is 3. The van der Waals surface area contributed by atoms with Gasteiger partial charge in [-0.15, -0.1) is 0 Å². The van der Waals surface area contributed by atoms with E-state index >= 15 is 0 Å². The Morgan fingerprint density at radius 2 is 2.23 bits per heavy atom. The Morgan fingerprint density at radius 3 is 2.85 bits per heavy atom. The van der Waals surface area contributed by atoms with E-state index in [1.807, 2.05) is 24.3 Å². The molecule has 0 aliphatic heterocycles. The summed E-state index contributed by atoms with van der Waals surface area (Å²) in [5.74, 6) is 0. The lowest BCUT2D eigenvalue weighted by Crippen LogP contribution is -2.22. The molecule has 0 radical (unpaired) electrons. The van der Waals surface area contributed by atoms with Crippen LogP contribution < -0.4 is 5.32 Å². The first-order valence-corrected chi connectivity index (χ1v) is 5.08. The molecule has 13 heavy (non-hydrogen) atoms. The lowest BCUT2D eigenvalue weighted by Gasteiger charge is -2.09. The van der Waals surface area contributed by atoms with Crippen LogP contribution in [0.5, 0.6) is 0 Å². The molecule has 1 unspecified atom stereocenters. The van der Waals surface area contributed by atoms with Crippen LogP contribution in [0.4, 0.5) is 5.69 Å². The van der Waals surface area contributed by atoms with Gasteiger partial charge in [0.2, 0.25) is 0 Å². The average molecular weight is 293 g/mol. The minimum Gasteiger partial charge on any atom is -0.394 e. The summed E-state index contributed by atoms with van der Waals surface area (Å²) >= 11 is 2.22. The van der Waals surface area contributed by atoms with Crippen LogP contribution in [0.2, 0.25) is 0 Å². The Hall–Kier alpha value is -0.330. The third-order valence-electron chi connectivity index (χ3n) is 1.58. The third-order valence-corrected chi connectivity index (χ3v) is 2.25. The lowest BCUT2D eigenvalue weighted by atomic mass is 10.3. The van der Waals surface area contributed by atoms with Crippen LogP contribution in [0, 0.1) is 3.57 Å². The van der Waals surface area contributed by atoms with Gasteiger partial charge in [-0.2, -0.15) is 0 Å². The zero-order chi connectivity index (χ0) is 9.68. The van der Waals surface area contributed by atoms with Gasteiger partial charge >= 0.3 is 0 Å². The summed E-state index contributed by atoms with van der Waals surface area (Å²) in [6.07, 6.45) is -0.696. The van der Waals surface area contributed by atoms with Crippen molar-refractivity contribution in [3.8, 4) is 0 Å². The van der Waals surface area contributed by atoms with Crippen molar-refractivity contribution in [2.75, 3.05) is 18.5 Å². The van der Waals surface area contributed by atoms with Crippen LogP contribution >= 0.6 is 22.6 Å². The molecule has 0 spiro atoms. The number of aliphatic hydroxyl groups is 2. The quantitative estimate of drug-likeness (QED) is 0.728. The summed E-state index contributed by atoms with van der Waals surface area (Å²) in [5.41, 5.74) is 0.958. The van der Waals surface area contributed by atoms with E-state index in [9.17, 15) is 0 Å². The maximum Gasteiger partial charge on any atom is 0.0942 e. The van der Waals surface area contributed by atoms with Crippen LogP contribution in [0.25, 0.3) is 0 Å². The molecule has 0 amide bonds. The highest BCUT2D eigenvalue weighted by Gasteiger charge is 2.00. The van der Waals surface area contributed by atoms with Gasteiger partial charge in [0.1, 0.15) is 0 Å². The summed E-state index contributed by atoms with van der Waals surface area (Å²) in [6.45, 7) is 0.160. The van der Waals surface area contributed by atoms with Crippen molar-refractivity contribution < 1.29 is 10.2 Å². The second-order valence-corrected chi connectivity index (χ2v) is 3.97. The molecule has 3 nitrogen and oxygen atoms in total. The fraction of sp³-hybridized carbons (Fsp3) is 0.333. The van der Waals surface area contributed by atoms with Crippen molar-refractivity contribution in [3.63, 3.8) is 0 Å². The number of aliphatic hydroxyl groups excluding tert-OH is 2. The number of benzene rings is 1. The minimum absolute atomic E-state index is 0.211. The van der Waals surface area contributed by atoms with Crippen LogP contribution in [-0.2, 0) is 0 Å². The first-order valence-electron chi connectivity index (χ1n) is 4.00. The van der Waals surface area contributed by atoms with E-state index in [4.69, 9.17) is 10.2 Å². The molecule has 0 saturated carbocycles. The lowest BCUT2D eigenvalue weighted by molar-refractivity contribution is 0.105. The van der Waals surface area contributed by atoms with Crippen LogP contribution in [0.1, 0.15) is 0 Å². The molecular weight excluding hydrogens is 281 g/mol. The smallest absolute Gasteiger partial charge is 0.0942 e. The predicted molar refractivity (Wildman–Crippen MR) is 60.7 cm³/mol. The number of rotatable bonds is 4. The summed E-state index contributed by atoms with van der Waals surface area (Å²) < 4.78 is 1.14. The van der Waals surface area contributed by atoms with Gasteiger partial charge in [-0.05, 0) is 40.8 Å². The molecule has 0 saturated heterocycles. The van der Waals surface area contributed by atoms with Gasteiger partial charge in [0.25, 0.3) is 0 Å². The van der Waals surface area contributed by atoms with Crippen molar-refractivity contribution in [1.29, 1.82) is 0 Å². The van der Waals surface area contributed by atoms with Crippen LogP contribution in [-0.4, -0.2) is 29.5 Å². The standard InChI is InChI=1S/C9H12INO2/c10-7-2-1-3-8(4-7)11-5-9(13)6-12/h1-4,9,11-13H,5-6H2. The fourth-order valence-electron chi connectivity index (χ4n) is 0.899. The van der Waals surface area contributed by atoms with Crippen molar-refractivity contribution >= 4 is 28.3 Å². The highest BCUT2D eigenvalue weighted by molar-refractivity contribution is 14.1. The zero-order valence-electron chi connectivity index (χ0n) is 7.07. The summed E-state index contributed by atoms with van der Waals surface area (Å²) in [6, 6.07) is 7.83. The summed E-state index contributed by atoms with van der Waals surface area (Å²) in [7, 11) is 0. The molecule has 0 fully saturated rings. The number of hydrogen-bond acceptors (Lipinski definition) is 3. The third kappa shape index (κ3) is 3.93. The molecule has 0 aliphatic rings. The van der Waals surface area contributed by atoms with Crippen LogP contribution in [0.3, 0.4) is 0 Å². The zero-order valence-corrected chi connectivity index (χ0v) is 9.23. The Bertz CT molecular complexity index is 268. The van der Waals surface area contributed by atoms with E-state index in [0.29, 0.717) is 6.54 Å². The van der Waals surface area contributed by atoms with Crippen molar-refractivity contribution in [3.05, 3.63) is 27.8 Å². The van der Waals surface area contributed by atoms with Gasteiger partial charge < -0.3 is 15.5 Å². The molecule has 0 bridgehead atoms. The molecular formula is C9H12INO2. The molecule has 1 atom stereocenters. The normalized spacial score (nSPS) is 12.5. The second kappa shape index (κ2) is 5.41. The highest BCUT2D eigenvalue weighted by atomic mass is 127. The van der Waals surface area contributed by atoms with E-state index < -0.39 is 6.10 Å². The maximum absolute atomic E-state index is 9.07. The topological polar surface area (TPSA) is 52.5 Å². The fourth-order valence-corrected chi connectivity index (χ4v) is 1.44. The molecule has 4 heteroatoms. The van der Waals surface area contributed by atoms with Crippen LogP contribution in [0.15, 0.2) is 24.3 Å². The Labute approximate surface area is 90.9 Å². The Morgan fingerprint density at radius 1 is 1.46 bits per heavy atom. The van der Waals surface area contributed by atoms with Gasteiger partial charge in [0.05, 0.1) is 12.7 Å². The molecule has 0 heterocycles. The van der Waals surface area contributed by atoms with Crippen molar-refractivity contribution in [1.82, 2.24) is 0 Å². The number of nitrogens with one attached hydrogen (secondary N) is 1. The monoisotopic (exact) mass is 293 g/mol. The molecule has 1 rings (SSSR count). The minimum atomic E-state index is -0.696. The van der Waals surface area contributed by atoms with Gasteiger partial charge in [0, 0.05) is 15.8 Å². The van der Waals surface area contributed by atoms with E-state index in [2.05, 4.69) is 27.9 Å². The maximum atomic E-state index is 9.07. The van der Waals surface area contributed by atoms with E-state index in [1.165, 1.54) is 0 Å². The molecule has 72 valence electrons. The molecule has 3 N–H and O–H groups in total. The Balaban J connectivity index is 2.45. The predicted octanol–water partition coefficient (Wildman–Crippen LogP) is 1.06. The number of halogens is 1. The molecule has 0 aliphatic carbocycles.